The van der Waals surface area contributed by atoms with E-state index in [9.17, 15) is 0 Å². The van der Waals surface area contributed by atoms with Gasteiger partial charge in [-0.15, -0.1) is 0 Å². The molecule has 2 unspecified atom stereocenters. The van der Waals surface area contributed by atoms with E-state index in [0.29, 0.717) is 38.3 Å². The Morgan fingerprint density at radius 1 is 0.547 bits per heavy atom. The van der Waals surface area contributed by atoms with Crippen LogP contribution in [0.5, 0.6) is 11.5 Å². The largest absolute Gasteiger partial charge is 0.502 e. The molecule has 0 heterocycles. The minimum atomic E-state index is 0. The Morgan fingerprint density at radius 2 is 1.04 bits per heavy atom. The van der Waals surface area contributed by atoms with Crippen molar-refractivity contribution in [3.8, 4) is 11.5 Å². The van der Waals surface area contributed by atoms with Gasteiger partial charge in [-0.1, -0.05) is 128 Å². The number of unbranched alkanes of at least 4 members (excludes halogenated alkanes) is 2. The number of rotatable bonds is 23. The van der Waals surface area contributed by atoms with Crippen LogP contribution < -0.4 is 9.47 Å². The van der Waals surface area contributed by atoms with Crippen molar-refractivity contribution >= 4 is 21.5 Å². The van der Waals surface area contributed by atoms with Gasteiger partial charge in [0, 0.05) is 45.3 Å². The molecule has 0 aliphatic heterocycles. The quantitative estimate of drug-likeness (QED) is 0.0545. The van der Waals surface area contributed by atoms with E-state index >= 15 is 0 Å². The van der Waals surface area contributed by atoms with Crippen molar-refractivity contribution in [1.82, 2.24) is 0 Å². The van der Waals surface area contributed by atoms with Crippen molar-refractivity contribution in [3.05, 3.63) is 111 Å². The first-order valence-corrected chi connectivity index (χ1v) is 19.2. The van der Waals surface area contributed by atoms with Gasteiger partial charge in [0.2, 0.25) is 0 Å². The van der Waals surface area contributed by atoms with Gasteiger partial charge in [0.25, 0.3) is 0 Å². The molecule has 4 aromatic rings. The molecule has 0 amide bonds. The van der Waals surface area contributed by atoms with Crippen LogP contribution in [0.3, 0.4) is 0 Å². The van der Waals surface area contributed by atoms with Gasteiger partial charge in [-0.05, 0) is 76.9 Å². The molecule has 6 nitrogen and oxygen atoms in total. The van der Waals surface area contributed by atoms with Crippen LogP contribution in [0.2, 0.25) is 0 Å². The van der Waals surface area contributed by atoms with Gasteiger partial charge in [-0.25, -0.2) is 0 Å². The zero-order chi connectivity index (χ0) is 37.8. The average molecular weight is 946 g/mol. The molecule has 0 aliphatic rings. The van der Waals surface area contributed by atoms with Crippen molar-refractivity contribution < 1.29 is 60.7 Å². The second-order valence-electron chi connectivity index (χ2n) is 13.5. The van der Waals surface area contributed by atoms with Crippen LogP contribution in [0, 0.1) is 44.1 Å². The molecule has 53 heavy (non-hydrogen) atoms. The third kappa shape index (κ3) is 21.5. The predicted molar refractivity (Wildman–Crippen MR) is 219 cm³/mol. The zero-order valence-corrected chi connectivity index (χ0v) is 38.3. The summed E-state index contributed by atoms with van der Waals surface area (Å²) in [5.74, 6) is 2.85. The molecule has 289 valence electrons. The monoisotopic (exact) mass is 946 g/mol. The zero-order valence-electron chi connectivity index (χ0n) is 33.5. The normalized spacial score (nSPS) is 11.7. The third-order valence-corrected chi connectivity index (χ3v) is 8.27. The van der Waals surface area contributed by atoms with E-state index in [1.54, 1.807) is 0 Å². The van der Waals surface area contributed by atoms with Crippen LogP contribution in [0.1, 0.15) is 80.1 Å². The third-order valence-electron chi connectivity index (χ3n) is 8.27. The van der Waals surface area contributed by atoms with E-state index in [1.807, 2.05) is 30.3 Å². The molecule has 0 N–H and O–H groups in total. The summed E-state index contributed by atoms with van der Waals surface area (Å²) in [4.78, 5) is 0. The first-order valence-electron chi connectivity index (χ1n) is 19.2. The van der Waals surface area contributed by atoms with Crippen LogP contribution in [0.25, 0.3) is 21.5 Å². The Bertz CT molecular complexity index is 1510. The fourth-order valence-electron chi connectivity index (χ4n) is 5.42. The van der Waals surface area contributed by atoms with E-state index in [0.717, 1.165) is 50.4 Å². The minimum Gasteiger partial charge on any atom is -0.502 e. The molecule has 0 spiro atoms. The van der Waals surface area contributed by atoms with E-state index in [2.05, 4.69) is 109 Å². The summed E-state index contributed by atoms with van der Waals surface area (Å²) < 4.78 is 33.7. The van der Waals surface area contributed by atoms with Gasteiger partial charge in [0.15, 0.2) is 0 Å². The van der Waals surface area contributed by atoms with Crippen LogP contribution in [0.4, 0.5) is 0 Å². The molecule has 7 heteroatoms. The Kier molecular flexibility index (Phi) is 27.6. The van der Waals surface area contributed by atoms with Crippen LogP contribution in [0.15, 0.2) is 111 Å². The summed E-state index contributed by atoms with van der Waals surface area (Å²) in [6.45, 7) is 24.1. The molecule has 0 bridgehead atoms. The number of benzene rings is 4. The Morgan fingerprint density at radius 3 is 1.53 bits per heavy atom. The first kappa shape index (κ1) is 48.1. The molecular formula is C46H66O6Pa. The average Bonchev–Trinajstić information content (AvgIpc) is 3.15. The molecular weight excluding hydrogens is 880 g/mol. The van der Waals surface area contributed by atoms with Crippen molar-refractivity contribution in [1.29, 1.82) is 0 Å². The van der Waals surface area contributed by atoms with Crippen molar-refractivity contribution in [2.75, 3.05) is 39.6 Å². The molecule has 4 rings (SSSR count). The van der Waals surface area contributed by atoms with Gasteiger partial charge in [-0.2, -0.15) is 0 Å². The minimum absolute atomic E-state index is 0. The van der Waals surface area contributed by atoms with Crippen LogP contribution >= 0.6 is 0 Å². The maximum absolute atomic E-state index is 6.23. The number of ether oxygens (including phenoxy) is 6. The Labute approximate surface area is 346 Å². The summed E-state index contributed by atoms with van der Waals surface area (Å²) in [6, 6.07) is 28.8. The van der Waals surface area contributed by atoms with Gasteiger partial charge >= 0.3 is 0 Å². The summed E-state index contributed by atoms with van der Waals surface area (Å²) in [5.41, 5.74) is 0. The summed E-state index contributed by atoms with van der Waals surface area (Å²) in [7, 11) is 0. The SMILES string of the molecule is C=COCCCC.C=COCCOc1ccc2ccccc2c1.CCCCOC(CC(C)C)CC(OCCOc1ccc2ccccc2c1)C(C)C.[Pa]. The number of fused-ring (bicyclic) bond motifs is 2. The second kappa shape index (κ2) is 30.4. The smallest absolute Gasteiger partial charge is 0.122 e. The fraction of sp³-hybridized carbons (Fsp3) is 0.478. The molecule has 0 saturated heterocycles. The van der Waals surface area contributed by atoms with Crippen molar-refractivity contribution in [2.24, 2.45) is 11.8 Å². The number of hydrogen-bond acceptors (Lipinski definition) is 6. The number of hydrogen-bond donors (Lipinski definition) is 0. The molecule has 2 atom stereocenters. The van der Waals surface area contributed by atoms with E-state index < -0.39 is 0 Å². The standard InChI is InChI=1S/C26H40O3.C14H14O2.C6H12O.Pa/c1-6-7-14-27-25(17-20(2)3)19-26(21(4)5)29-16-15-28-24-13-12-22-10-8-9-11-23(22)18-24;1-2-15-9-10-16-14-8-7-12-5-3-4-6-13(12)11-14;1-3-5-6-7-4-2;/h8-13,18,20-21,25-26H,6-7,14-17,19H2,1-5H3;2-8,11H,1,9-10H2;4H,2-3,5-6H2,1H3;. The van der Waals surface area contributed by atoms with Crippen molar-refractivity contribution in [3.63, 3.8) is 0 Å². The molecule has 0 fully saturated rings. The van der Waals surface area contributed by atoms with E-state index in [-0.39, 0.29) is 44.5 Å². The van der Waals surface area contributed by atoms with E-state index in [4.69, 9.17) is 28.4 Å². The molecule has 0 saturated carbocycles. The topological polar surface area (TPSA) is 55.4 Å². The molecule has 0 aromatic heterocycles. The van der Waals surface area contributed by atoms with Crippen LogP contribution in [-0.2, 0) is 18.9 Å². The van der Waals surface area contributed by atoms with Crippen LogP contribution in [-0.4, -0.2) is 51.8 Å². The van der Waals surface area contributed by atoms with Crippen molar-refractivity contribution in [2.45, 2.75) is 92.3 Å². The Hall–Kier alpha value is -2.91. The van der Waals surface area contributed by atoms with Gasteiger partial charge in [0.05, 0.1) is 37.9 Å². The summed E-state index contributed by atoms with van der Waals surface area (Å²) in [6.07, 6.45) is 10.0. The Balaban J connectivity index is 0.000000488. The fourth-order valence-corrected chi connectivity index (χ4v) is 5.42. The molecule has 4 aromatic carbocycles. The first-order chi connectivity index (χ1) is 25.3. The summed E-state index contributed by atoms with van der Waals surface area (Å²) >= 11 is 0. The summed E-state index contributed by atoms with van der Waals surface area (Å²) in [5, 5.41) is 4.84. The maximum Gasteiger partial charge on any atom is 0.122 e. The van der Waals surface area contributed by atoms with Gasteiger partial charge in [0.1, 0.15) is 31.3 Å². The van der Waals surface area contributed by atoms with Gasteiger partial charge < -0.3 is 28.4 Å². The predicted octanol–water partition coefficient (Wildman–Crippen LogP) is 12.2. The van der Waals surface area contributed by atoms with E-state index in [1.165, 1.54) is 46.9 Å². The van der Waals surface area contributed by atoms with Gasteiger partial charge in [-0.3, -0.25) is 0 Å². The molecule has 0 aliphatic carbocycles. The second-order valence-corrected chi connectivity index (χ2v) is 13.5. The maximum atomic E-state index is 6.23. The molecule has 1 radical (unpaired) electrons.